The van der Waals surface area contributed by atoms with Gasteiger partial charge in [-0.1, -0.05) is 25.3 Å². The quantitative estimate of drug-likeness (QED) is 0.408. The Bertz CT molecular complexity index is 387. The van der Waals surface area contributed by atoms with Crippen LogP contribution in [0.1, 0.15) is 52.9 Å². The summed E-state index contributed by atoms with van der Waals surface area (Å²) in [6, 6.07) is 0. The number of hydrogen-bond acceptors (Lipinski definition) is 3. The molecule has 0 aromatic heterocycles. The second kappa shape index (κ2) is 4.52. The molecule has 2 aliphatic rings. The summed E-state index contributed by atoms with van der Waals surface area (Å²) in [5.41, 5.74) is -1.46. The van der Waals surface area contributed by atoms with E-state index in [2.05, 4.69) is 0 Å². The molecule has 2 rings (SSSR count). The van der Waals surface area contributed by atoms with Crippen LogP contribution in [-0.2, 0) is 14.3 Å². The summed E-state index contributed by atoms with van der Waals surface area (Å²) in [6.07, 6.45) is 7.57. The molecule has 1 spiro atoms. The number of cyclic esters (lactones) is 1. The molecule has 0 aromatic carbocycles. The molecule has 1 unspecified atom stereocenters. The lowest BCUT2D eigenvalue weighted by atomic mass is 9.61. The van der Waals surface area contributed by atoms with Gasteiger partial charge in [-0.05, 0) is 39.7 Å². The molecule has 1 atom stereocenters. The Morgan fingerprint density at radius 2 is 1.78 bits per heavy atom. The Morgan fingerprint density at radius 3 is 2.33 bits per heavy atom. The van der Waals surface area contributed by atoms with E-state index in [1.165, 1.54) is 0 Å². The molecular formula is C15H22O3. The number of Topliss-reactive ketones (excluding diaryl/α,β-unsaturated/α-hetero) is 1. The van der Waals surface area contributed by atoms with Gasteiger partial charge in [0.05, 0.1) is 5.41 Å². The van der Waals surface area contributed by atoms with Crippen LogP contribution in [0.2, 0.25) is 0 Å². The van der Waals surface area contributed by atoms with Crippen LogP contribution in [-0.4, -0.2) is 17.9 Å². The fourth-order valence-electron chi connectivity index (χ4n) is 3.26. The zero-order chi connectivity index (χ0) is 13.4. The van der Waals surface area contributed by atoms with E-state index in [-0.39, 0.29) is 11.8 Å². The van der Waals surface area contributed by atoms with Crippen molar-refractivity contribution in [3.8, 4) is 0 Å². The number of allylic oxidation sites excluding steroid dienone is 1. The highest BCUT2D eigenvalue weighted by Crippen LogP contribution is 2.48. The van der Waals surface area contributed by atoms with Crippen molar-refractivity contribution in [1.29, 1.82) is 0 Å². The van der Waals surface area contributed by atoms with Crippen LogP contribution >= 0.6 is 0 Å². The predicted molar refractivity (Wildman–Crippen MR) is 69.0 cm³/mol. The van der Waals surface area contributed by atoms with Crippen molar-refractivity contribution in [2.75, 3.05) is 0 Å². The van der Waals surface area contributed by atoms with E-state index in [1.807, 2.05) is 32.9 Å². The van der Waals surface area contributed by atoms with Crippen LogP contribution in [0.25, 0.3) is 0 Å². The van der Waals surface area contributed by atoms with Crippen molar-refractivity contribution in [3.63, 3.8) is 0 Å². The molecule has 0 bridgehead atoms. The highest BCUT2D eigenvalue weighted by molar-refractivity contribution is 6.08. The largest absolute Gasteiger partial charge is 0.456 e. The van der Waals surface area contributed by atoms with Crippen LogP contribution in [0.4, 0.5) is 0 Å². The molecule has 18 heavy (non-hydrogen) atoms. The molecule has 1 heterocycles. The molecule has 0 amide bonds. The summed E-state index contributed by atoms with van der Waals surface area (Å²) in [7, 11) is 0. The Hall–Kier alpha value is -1.12. The van der Waals surface area contributed by atoms with Crippen LogP contribution in [0.5, 0.6) is 0 Å². The number of hydrogen-bond donors (Lipinski definition) is 0. The van der Waals surface area contributed by atoms with Gasteiger partial charge in [-0.2, -0.15) is 0 Å². The molecule has 1 saturated carbocycles. The van der Waals surface area contributed by atoms with Crippen LogP contribution in [0.3, 0.4) is 0 Å². The lowest BCUT2D eigenvalue weighted by Crippen LogP contribution is -2.58. The molecule has 1 aliphatic heterocycles. The van der Waals surface area contributed by atoms with Gasteiger partial charge in [0.1, 0.15) is 11.5 Å². The third-order valence-electron chi connectivity index (χ3n) is 4.43. The first-order chi connectivity index (χ1) is 8.45. The first kappa shape index (κ1) is 13.3. The van der Waals surface area contributed by atoms with Crippen LogP contribution in [0, 0.1) is 10.8 Å². The summed E-state index contributed by atoms with van der Waals surface area (Å²) in [6.45, 7) is 5.66. The number of esters is 1. The van der Waals surface area contributed by atoms with E-state index in [1.54, 1.807) is 0 Å². The smallest absolute Gasteiger partial charge is 0.320 e. The van der Waals surface area contributed by atoms with Crippen LogP contribution in [0.15, 0.2) is 12.2 Å². The highest BCUT2D eigenvalue weighted by atomic mass is 16.5. The molecule has 1 saturated heterocycles. The van der Waals surface area contributed by atoms with Gasteiger partial charge >= 0.3 is 5.97 Å². The average Bonchev–Trinajstić information content (AvgIpc) is 2.36. The molecule has 2 fully saturated rings. The van der Waals surface area contributed by atoms with Crippen molar-refractivity contribution in [1.82, 2.24) is 0 Å². The zero-order valence-electron chi connectivity index (χ0n) is 11.5. The van der Waals surface area contributed by atoms with Gasteiger partial charge in [0.2, 0.25) is 0 Å². The van der Waals surface area contributed by atoms with Crippen molar-refractivity contribution in [2.24, 2.45) is 10.8 Å². The van der Waals surface area contributed by atoms with Gasteiger partial charge in [-0.3, -0.25) is 9.59 Å². The molecule has 0 aromatic rings. The van der Waals surface area contributed by atoms with Gasteiger partial charge in [-0.25, -0.2) is 0 Å². The first-order valence-electron chi connectivity index (χ1n) is 6.84. The predicted octanol–water partition coefficient (Wildman–Crippen LogP) is 3.03. The standard InChI is InChI=1S/C15H22O3/c1-4-8-11-14(2,3)12(16)15(13(17)18-11)9-6-5-7-10-15/h4,8,11H,5-7,9-10H2,1-3H3. The van der Waals surface area contributed by atoms with Gasteiger partial charge < -0.3 is 4.74 Å². The number of carbonyl (C=O) groups is 2. The molecule has 100 valence electrons. The highest BCUT2D eigenvalue weighted by Gasteiger charge is 2.59. The number of rotatable bonds is 1. The zero-order valence-corrected chi connectivity index (χ0v) is 11.5. The second-order valence-corrected chi connectivity index (χ2v) is 6.05. The van der Waals surface area contributed by atoms with E-state index in [9.17, 15) is 9.59 Å². The summed E-state index contributed by atoms with van der Waals surface area (Å²) >= 11 is 0. The summed E-state index contributed by atoms with van der Waals surface area (Å²) in [5.74, 6) is -0.219. The second-order valence-electron chi connectivity index (χ2n) is 6.05. The van der Waals surface area contributed by atoms with Gasteiger partial charge in [0.15, 0.2) is 5.78 Å². The molecule has 1 aliphatic carbocycles. The summed E-state index contributed by atoms with van der Waals surface area (Å²) in [4.78, 5) is 25.1. The normalized spacial score (nSPS) is 30.7. The molecule has 3 nitrogen and oxygen atoms in total. The molecular weight excluding hydrogens is 228 g/mol. The van der Waals surface area contributed by atoms with E-state index in [0.717, 1.165) is 19.3 Å². The lowest BCUT2D eigenvalue weighted by molar-refractivity contribution is -0.186. The van der Waals surface area contributed by atoms with Crippen molar-refractivity contribution in [2.45, 2.75) is 59.0 Å². The van der Waals surface area contributed by atoms with E-state index < -0.39 is 16.9 Å². The Morgan fingerprint density at radius 1 is 1.17 bits per heavy atom. The van der Waals surface area contributed by atoms with Gasteiger partial charge in [0.25, 0.3) is 0 Å². The Kier molecular flexibility index (Phi) is 3.35. The Labute approximate surface area is 109 Å². The van der Waals surface area contributed by atoms with Gasteiger partial charge in [0, 0.05) is 0 Å². The summed E-state index contributed by atoms with van der Waals surface area (Å²) in [5, 5.41) is 0. The maximum Gasteiger partial charge on any atom is 0.320 e. The molecule has 0 radical (unpaired) electrons. The SMILES string of the molecule is CC=CC1OC(=O)C2(CCCCC2)C(=O)C1(C)C. The summed E-state index contributed by atoms with van der Waals surface area (Å²) < 4.78 is 5.56. The van der Waals surface area contributed by atoms with E-state index >= 15 is 0 Å². The number of carbonyl (C=O) groups excluding carboxylic acids is 2. The average molecular weight is 250 g/mol. The van der Waals surface area contributed by atoms with Crippen molar-refractivity contribution in [3.05, 3.63) is 12.2 Å². The fourth-order valence-corrected chi connectivity index (χ4v) is 3.26. The monoisotopic (exact) mass is 250 g/mol. The minimum atomic E-state index is -0.847. The minimum absolute atomic E-state index is 0.0778. The first-order valence-corrected chi connectivity index (χ1v) is 6.84. The number of ether oxygens (including phenoxy) is 1. The molecule has 3 heteroatoms. The van der Waals surface area contributed by atoms with Crippen LogP contribution < -0.4 is 0 Å². The maximum absolute atomic E-state index is 12.8. The van der Waals surface area contributed by atoms with E-state index in [4.69, 9.17) is 4.74 Å². The number of ketones is 1. The maximum atomic E-state index is 12.8. The third kappa shape index (κ3) is 1.80. The minimum Gasteiger partial charge on any atom is -0.456 e. The third-order valence-corrected chi connectivity index (χ3v) is 4.43. The Balaban J connectivity index is 2.36. The molecule has 0 N–H and O–H groups in total. The lowest BCUT2D eigenvalue weighted by Gasteiger charge is -2.46. The van der Waals surface area contributed by atoms with Crippen molar-refractivity contribution < 1.29 is 14.3 Å². The van der Waals surface area contributed by atoms with E-state index in [0.29, 0.717) is 12.8 Å². The topological polar surface area (TPSA) is 43.4 Å². The van der Waals surface area contributed by atoms with Gasteiger partial charge in [-0.15, -0.1) is 0 Å². The van der Waals surface area contributed by atoms with Crippen molar-refractivity contribution >= 4 is 11.8 Å². The fraction of sp³-hybridized carbons (Fsp3) is 0.733.